The maximum atomic E-state index is 13.7. The Morgan fingerprint density at radius 2 is 1.86 bits per heavy atom. The number of hydrogen-bond acceptors (Lipinski definition) is 10. The van der Waals surface area contributed by atoms with Gasteiger partial charge in [0.05, 0.1) is 25.6 Å². The number of carbonyl (C=O) groups is 1. The third kappa shape index (κ3) is 7.53. The first-order valence-electron chi connectivity index (χ1n) is 9.96. The molecule has 1 atom stereocenters. The SMILES string of the molecule is CONC(=O)c1nc(Br)ccc1Nc1nc(Nc2ccc(CO[P+](=O)O)cc2OC)ncc1C(F)(F)F. The predicted octanol–water partition coefficient (Wildman–Crippen LogP) is 4.61. The van der Waals surface area contributed by atoms with Crippen LogP contribution in [0.4, 0.5) is 36.3 Å². The van der Waals surface area contributed by atoms with Gasteiger partial charge in [0.1, 0.15) is 28.3 Å². The van der Waals surface area contributed by atoms with E-state index in [9.17, 15) is 22.5 Å². The standard InChI is InChI=1S/C20H17BrF3N6O6P/c1-34-14-7-10(9-36-37(32)33)3-4-12(14)27-19-25-8-11(20(22,23)24)17(29-19)26-13-5-6-15(21)28-16(13)18(31)30-35-2/h3-8H,9H2,1-2H3,(H3-,25,26,27,29,30,31,32,33)/p+1. The van der Waals surface area contributed by atoms with Crippen LogP contribution in [0.5, 0.6) is 5.75 Å². The van der Waals surface area contributed by atoms with Gasteiger partial charge in [-0.1, -0.05) is 6.07 Å². The van der Waals surface area contributed by atoms with Gasteiger partial charge in [-0.25, -0.2) is 15.4 Å². The molecular formula is C20H18BrF3N6O6P+. The van der Waals surface area contributed by atoms with Gasteiger partial charge in [-0.05, 0) is 45.8 Å². The van der Waals surface area contributed by atoms with E-state index in [4.69, 9.17) is 9.63 Å². The van der Waals surface area contributed by atoms with Gasteiger partial charge in [-0.3, -0.25) is 9.63 Å². The number of hydroxylamine groups is 1. The number of methoxy groups -OCH3 is 1. The maximum absolute atomic E-state index is 13.7. The average Bonchev–Trinajstić information content (AvgIpc) is 2.84. The molecule has 0 aliphatic heterocycles. The third-order valence-electron chi connectivity index (χ3n) is 4.47. The van der Waals surface area contributed by atoms with Crippen LogP contribution in [-0.4, -0.2) is 40.0 Å². The molecule has 0 saturated carbocycles. The number of pyridine rings is 1. The van der Waals surface area contributed by atoms with Crippen LogP contribution in [0.15, 0.2) is 41.1 Å². The number of aromatic nitrogens is 3. The van der Waals surface area contributed by atoms with E-state index in [2.05, 4.69) is 56.4 Å². The molecule has 17 heteroatoms. The zero-order valence-corrected chi connectivity index (χ0v) is 21.4. The zero-order chi connectivity index (χ0) is 27.2. The van der Waals surface area contributed by atoms with E-state index in [-0.39, 0.29) is 40.0 Å². The summed E-state index contributed by atoms with van der Waals surface area (Å²) < 4.78 is 62.1. The number of halogens is 4. The van der Waals surface area contributed by atoms with E-state index < -0.39 is 31.7 Å². The van der Waals surface area contributed by atoms with Crippen LogP contribution >= 0.6 is 24.2 Å². The molecule has 0 fully saturated rings. The van der Waals surface area contributed by atoms with Gasteiger partial charge >= 0.3 is 14.4 Å². The van der Waals surface area contributed by atoms with E-state index in [1.54, 1.807) is 6.07 Å². The highest BCUT2D eigenvalue weighted by Gasteiger charge is 2.36. The number of rotatable bonds is 10. The number of anilines is 4. The smallest absolute Gasteiger partial charge is 0.495 e. The minimum absolute atomic E-state index is 0.0861. The summed E-state index contributed by atoms with van der Waals surface area (Å²) in [6, 6.07) is 7.30. The lowest BCUT2D eigenvalue weighted by Gasteiger charge is -2.17. The monoisotopic (exact) mass is 605 g/mol. The summed E-state index contributed by atoms with van der Waals surface area (Å²) in [6.07, 6.45) is -4.25. The van der Waals surface area contributed by atoms with E-state index in [0.29, 0.717) is 11.8 Å². The average molecular weight is 606 g/mol. The highest BCUT2D eigenvalue weighted by Crippen LogP contribution is 2.36. The molecule has 1 amide bonds. The van der Waals surface area contributed by atoms with Gasteiger partial charge in [0.15, 0.2) is 5.69 Å². The maximum Gasteiger partial charge on any atom is 0.695 e. The van der Waals surface area contributed by atoms with E-state index in [1.807, 2.05) is 0 Å². The minimum Gasteiger partial charge on any atom is -0.495 e. The molecule has 0 aliphatic rings. The largest absolute Gasteiger partial charge is 0.695 e. The topological polar surface area (TPSA) is 157 Å². The van der Waals surface area contributed by atoms with Crippen molar-refractivity contribution in [2.45, 2.75) is 12.8 Å². The number of alkyl halides is 3. The Morgan fingerprint density at radius 1 is 1.14 bits per heavy atom. The number of nitrogens with zero attached hydrogens (tertiary/aromatic N) is 3. The van der Waals surface area contributed by atoms with Gasteiger partial charge in [-0.2, -0.15) is 18.2 Å². The molecule has 37 heavy (non-hydrogen) atoms. The fraction of sp³-hybridized carbons (Fsp3) is 0.200. The first-order chi connectivity index (χ1) is 17.5. The molecule has 2 aromatic heterocycles. The van der Waals surface area contributed by atoms with Crippen LogP contribution in [0.25, 0.3) is 0 Å². The van der Waals surface area contributed by atoms with Gasteiger partial charge in [0.25, 0.3) is 5.91 Å². The van der Waals surface area contributed by atoms with Crippen LogP contribution in [0.1, 0.15) is 21.6 Å². The Labute approximate surface area is 216 Å². The summed E-state index contributed by atoms with van der Waals surface area (Å²) in [5.74, 6) is -1.46. The summed E-state index contributed by atoms with van der Waals surface area (Å²) >= 11 is 3.11. The Bertz CT molecular complexity index is 1320. The summed E-state index contributed by atoms with van der Waals surface area (Å²) in [4.78, 5) is 37.4. The Hall–Kier alpha value is -3.43. The van der Waals surface area contributed by atoms with Crippen molar-refractivity contribution < 1.29 is 41.5 Å². The lowest BCUT2D eigenvalue weighted by molar-refractivity contribution is -0.137. The Kier molecular flexibility index (Phi) is 9.29. The lowest BCUT2D eigenvalue weighted by Crippen LogP contribution is -2.24. The summed E-state index contributed by atoms with van der Waals surface area (Å²) in [7, 11) is -0.256. The second kappa shape index (κ2) is 12.2. The molecule has 0 spiro atoms. The van der Waals surface area contributed by atoms with Crippen LogP contribution in [0, 0.1) is 0 Å². The third-order valence-corrected chi connectivity index (χ3v) is 5.26. The number of carbonyl (C=O) groups excluding carboxylic acids is 1. The predicted molar refractivity (Wildman–Crippen MR) is 128 cm³/mol. The molecule has 0 radical (unpaired) electrons. The molecule has 0 bridgehead atoms. The Morgan fingerprint density at radius 3 is 2.51 bits per heavy atom. The van der Waals surface area contributed by atoms with Gasteiger partial charge in [0, 0.05) is 10.8 Å². The normalized spacial score (nSPS) is 11.6. The fourth-order valence-corrected chi connectivity index (χ4v) is 3.47. The molecule has 12 nitrogen and oxygen atoms in total. The molecule has 196 valence electrons. The van der Waals surface area contributed by atoms with Crippen molar-refractivity contribution in [3.8, 4) is 5.75 Å². The zero-order valence-electron chi connectivity index (χ0n) is 19.0. The summed E-state index contributed by atoms with van der Waals surface area (Å²) in [6.45, 7) is -0.173. The minimum atomic E-state index is -4.83. The fourth-order valence-electron chi connectivity index (χ4n) is 2.90. The van der Waals surface area contributed by atoms with E-state index in [1.165, 1.54) is 38.5 Å². The van der Waals surface area contributed by atoms with Crippen molar-refractivity contribution in [3.05, 3.63) is 58.0 Å². The Balaban J connectivity index is 1.97. The molecule has 2 heterocycles. The van der Waals surface area contributed by atoms with E-state index >= 15 is 0 Å². The molecular weight excluding hydrogens is 588 g/mol. The molecule has 1 aromatic carbocycles. The van der Waals surface area contributed by atoms with Crippen LogP contribution in [-0.2, 0) is 26.7 Å². The molecule has 3 rings (SSSR count). The second-order valence-electron chi connectivity index (χ2n) is 6.92. The quantitative estimate of drug-likeness (QED) is 0.145. The number of ether oxygens (including phenoxy) is 1. The van der Waals surface area contributed by atoms with Crippen molar-refractivity contribution in [3.63, 3.8) is 0 Å². The van der Waals surface area contributed by atoms with Crippen molar-refractivity contribution >= 4 is 53.2 Å². The van der Waals surface area contributed by atoms with Crippen LogP contribution in [0.3, 0.4) is 0 Å². The molecule has 4 N–H and O–H groups in total. The van der Waals surface area contributed by atoms with E-state index in [0.717, 1.165) is 0 Å². The van der Waals surface area contributed by atoms with Crippen molar-refractivity contribution in [2.24, 2.45) is 0 Å². The summed E-state index contributed by atoms with van der Waals surface area (Å²) in [5.41, 5.74) is 1.30. The molecule has 0 saturated heterocycles. The van der Waals surface area contributed by atoms with Gasteiger partial charge in [-0.15, -0.1) is 9.42 Å². The summed E-state index contributed by atoms with van der Waals surface area (Å²) in [5, 5.41) is 5.26. The number of nitrogens with one attached hydrogen (secondary N) is 3. The molecule has 3 aromatic rings. The highest BCUT2D eigenvalue weighted by molar-refractivity contribution is 9.10. The van der Waals surface area contributed by atoms with Crippen LogP contribution in [0.2, 0.25) is 0 Å². The van der Waals surface area contributed by atoms with Crippen molar-refractivity contribution in [1.82, 2.24) is 20.4 Å². The van der Waals surface area contributed by atoms with Crippen molar-refractivity contribution in [1.29, 1.82) is 0 Å². The molecule has 1 unspecified atom stereocenters. The number of hydrogen-bond donors (Lipinski definition) is 4. The highest BCUT2D eigenvalue weighted by atomic mass is 79.9. The van der Waals surface area contributed by atoms with Crippen molar-refractivity contribution in [2.75, 3.05) is 24.9 Å². The number of benzene rings is 1. The number of amides is 1. The van der Waals surface area contributed by atoms with Gasteiger partial charge < -0.3 is 15.4 Å². The second-order valence-corrected chi connectivity index (χ2v) is 8.46. The first kappa shape index (κ1) is 28.1. The lowest BCUT2D eigenvalue weighted by atomic mass is 10.2. The molecule has 0 aliphatic carbocycles. The van der Waals surface area contributed by atoms with Crippen LogP contribution < -0.4 is 20.9 Å². The first-order valence-corrected chi connectivity index (χ1v) is 11.9. The van der Waals surface area contributed by atoms with Gasteiger partial charge in [0.2, 0.25) is 5.95 Å².